The Balaban J connectivity index is 1.71. The molecule has 0 bridgehead atoms. The number of carbonyl (C=O) groups is 1. The van der Waals surface area contributed by atoms with Gasteiger partial charge >= 0.3 is 6.09 Å². The fraction of sp³-hybridized carbons (Fsp3) is 0.650. The molecule has 1 unspecified atom stereocenters. The highest BCUT2D eigenvalue weighted by atomic mass is 16.6. The second kappa shape index (κ2) is 9.00. The van der Waals surface area contributed by atoms with Gasteiger partial charge in [-0.2, -0.15) is 5.26 Å². The standard InChI is InChI=1S/C20H29N3O3/c1-20(2,3)26-19(25)23-10-7-16(8-11-23)13-18(24)5-4-15-6-9-22-17(12-15)14-21/h6,9,12,16,18,24H,4-5,7-8,10-11,13H2,1-3H3. The van der Waals surface area contributed by atoms with Crippen molar-refractivity contribution in [2.24, 2.45) is 5.92 Å². The van der Waals surface area contributed by atoms with E-state index in [2.05, 4.69) is 4.98 Å². The SMILES string of the molecule is CC(C)(C)OC(=O)N1CCC(CC(O)CCc2ccnc(C#N)c2)CC1. The lowest BCUT2D eigenvalue weighted by Crippen LogP contribution is -2.42. The molecule has 1 saturated heterocycles. The molecule has 1 aromatic heterocycles. The van der Waals surface area contributed by atoms with Crippen LogP contribution < -0.4 is 0 Å². The second-order valence-electron chi connectivity index (χ2n) is 8.00. The van der Waals surface area contributed by atoms with Crippen molar-refractivity contribution >= 4 is 6.09 Å². The Hall–Kier alpha value is -2.13. The molecule has 1 fully saturated rings. The van der Waals surface area contributed by atoms with Crippen molar-refractivity contribution in [2.75, 3.05) is 13.1 Å². The van der Waals surface area contributed by atoms with Crippen LogP contribution in [0.1, 0.15) is 57.7 Å². The van der Waals surface area contributed by atoms with Crippen LogP contribution >= 0.6 is 0 Å². The molecular formula is C20H29N3O3. The van der Waals surface area contributed by atoms with Gasteiger partial charge in [-0.25, -0.2) is 9.78 Å². The predicted molar refractivity (Wildman–Crippen MR) is 98.4 cm³/mol. The zero-order chi connectivity index (χ0) is 19.2. The molecule has 0 aliphatic carbocycles. The van der Waals surface area contributed by atoms with E-state index in [9.17, 15) is 9.90 Å². The highest BCUT2D eigenvalue weighted by Crippen LogP contribution is 2.24. The van der Waals surface area contributed by atoms with Gasteiger partial charge in [0, 0.05) is 19.3 Å². The van der Waals surface area contributed by atoms with Gasteiger partial charge in [0.05, 0.1) is 6.10 Å². The van der Waals surface area contributed by atoms with Crippen LogP contribution in [0.4, 0.5) is 4.79 Å². The monoisotopic (exact) mass is 359 g/mol. The minimum Gasteiger partial charge on any atom is -0.444 e. The molecule has 0 saturated carbocycles. The maximum Gasteiger partial charge on any atom is 0.410 e. The molecule has 2 heterocycles. The molecule has 26 heavy (non-hydrogen) atoms. The van der Waals surface area contributed by atoms with E-state index < -0.39 is 5.60 Å². The molecule has 6 nitrogen and oxygen atoms in total. The van der Waals surface area contributed by atoms with Crippen molar-refractivity contribution in [3.63, 3.8) is 0 Å². The van der Waals surface area contributed by atoms with Crippen molar-refractivity contribution in [3.8, 4) is 6.07 Å². The van der Waals surface area contributed by atoms with Crippen molar-refractivity contribution in [1.29, 1.82) is 5.26 Å². The molecule has 1 aliphatic rings. The molecule has 0 spiro atoms. The molecular weight excluding hydrogens is 330 g/mol. The van der Waals surface area contributed by atoms with Gasteiger partial charge in [-0.05, 0) is 76.5 Å². The minimum atomic E-state index is -0.470. The maximum absolute atomic E-state index is 12.1. The number of ether oxygens (including phenoxy) is 1. The summed E-state index contributed by atoms with van der Waals surface area (Å²) in [7, 11) is 0. The molecule has 1 atom stereocenters. The van der Waals surface area contributed by atoms with Crippen LogP contribution in [0.25, 0.3) is 0 Å². The average molecular weight is 359 g/mol. The molecule has 142 valence electrons. The number of rotatable bonds is 5. The topological polar surface area (TPSA) is 86.4 Å². The normalized spacial score (nSPS) is 16.8. The lowest BCUT2D eigenvalue weighted by molar-refractivity contribution is 0.0160. The summed E-state index contributed by atoms with van der Waals surface area (Å²) >= 11 is 0. The summed E-state index contributed by atoms with van der Waals surface area (Å²) in [6, 6.07) is 5.68. The van der Waals surface area contributed by atoms with Crippen LogP contribution in [-0.2, 0) is 11.2 Å². The minimum absolute atomic E-state index is 0.248. The van der Waals surface area contributed by atoms with Crippen LogP contribution in [0.5, 0.6) is 0 Å². The number of aromatic nitrogens is 1. The largest absolute Gasteiger partial charge is 0.444 e. The number of nitriles is 1. The lowest BCUT2D eigenvalue weighted by Gasteiger charge is -2.34. The lowest BCUT2D eigenvalue weighted by atomic mass is 9.89. The molecule has 1 N–H and O–H groups in total. The van der Waals surface area contributed by atoms with Gasteiger partial charge in [0.25, 0.3) is 0 Å². The van der Waals surface area contributed by atoms with E-state index in [0.717, 1.165) is 31.2 Å². The van der Waals surface area contributed by atoms with Crippen molar-refractivity contribution in [1.82, 2.24) is 9.88 Å². The predicted octanol–water partition coefficient (Wildman–Crippen LogP) is 3.28. The molecule has 2 rings (SSSR count). The van der Waals surface area contributed by atoms with E-state index >= 15 is 0 Å². The first kappa shape index (κ1) is 20.2. The van der Waals surface area contributed by atoms with Crippen LogP contribution in [0.2, 0.25) is 0 Å². The Labute approximate surface area is 155 Å². The molecule has 1 aromatic rings. The van der Waals surface area contributed by atoms with Gasteiger partial charge in [-0.15, -0.1) is 0 Å². The Bertz CT molecular complexity index is 640. The summed E-state index contributed by atoms with van der Waals surface area (Å²) in [6.07, 6.45) is 4.95. The third kappa shape index (κ3) is 6.64. The Kier molecular flexibility index (Phi) is 6.98. The van der Waals surface area contributed by atoms with E-state index in [1.165, 1.54) is 0 Å². The molecule has 1 amide bonds. The summed E-state index contributed by atoms with van der Waals surface area (Å²) in [5.41, 5.74) is 0.963. The maximum atomic E-state index is 12.1. The van der Waals surface area contributed by atoms with Gasteiger partial charge in [-0.3, -0.25) is 0 Å². The Morgan fingerprint density at radius 1 is 1.46 bits per heavy atom. The fourth-order valence-electron chi connectivity index (χ4n) is 3.20. The van der Waals surface area contributed by atoms with Crippen LogP contribution in [-0.4, -0.2) is 45.9 Å². The zero-order valence-electron chi connectivity index (χ0n) is 15.9. The number of piperidine rings is 1. The van der Waals surface area contributed by atoms with Crippen LogP contribution in [0.15, 0.2) is 18.3 Å². The highest BCUT2D eigenvalue weighted by Gasteiger charge is 2.27. The van der Waals surface area contributed by atoms with Crippen LogP contribution in [0.3, 0.4) is 0 Å². The number of pyridine rings is 1. The number of aliphatic hydroxyl groups is 1. The number of nitrogens with zero attached hydrogens (tertiary/aromatic N) is 3. The molecule has 1 aliphatic heterocycles. The van der Waals surface area contributed by atoms with E-state index in [1.807, 2.05) is 32.9 Å². The van der Waals surface area contributed by atoms with Crippen molar-refractivity contribution in [3.05, 3.63) is 29.6 Å². The van der Waals surface area contributed by atoms with Crippen molar-refractivity contribution in [2.45, 2.75) is 64.6 Å². The number of carbonyl (C=O) groups excluding carboxylic acids is 1. The van der Waals surface area contributed by atoms with Crippen LogP contribution in [0, 0.1) is 17.2 Å². The number of aliphatic hydroxyl groups excluding tert-OH is 1. The first-order chi connectivity index (χ1) is 12.3. The third-order valence-electron chi connectivity index (χ3n) is 4.58. The smallest absolute Gasteiger partial charge is 0.410 e. The number of hydrogen-bond donors (Lipinski definition) is 1. The first-order valence-electron chi connectivity index (χ1n) is 9.28. The van der Waals surface area contributed by atoms with Gasteiger partial charge in [-0.1, -0.05) is 0 Å². The number of likely N-dealkylation sites (tertiary alicyclic amines) is 1. The Morgan fingerprint density at radius 3 is 2.77 bits per heavy atom. The van der Waals surface area contributed by atoms with Gasteiger partial charge in [0.15, 0.2) is 0 Å². The van der Waals surface area contributed by atoms with E-state index in [4.69, 9.17) is 10.00 Å². The molecule has 0 radical (unpaired) electrons. The molecule has 0 aromatic carbocycles. The summed E-state index contributed by atoms with van der Waals surface area (Å²) in [6.45, 7) is 6.98. The first-order valence-corrected chi connectivity index (χ1v) is 9.28. The number of amides is 1. The van der Waals surface area contributed by atoms with Gasteiger partial charge in [0.1, 0.15) is 17.4 Å². The summed E-state index contributed by atoms with van der Waals surface area (Å²) in [5, 5.41) is 19.2. The van der Waals surface area contributed by atoms with E-state index in [-0.39, 0.29) is 12.2 Å². The van der Waals surface area contributed by atoms with Gasteiger partial charge < -0.3 is 14.7 Å². The molecule has 6 heteroatoms. The van der Waals surface area contributed by atoms with E-state index in [0.29, 0.717) is 31.1 Å². The van der Waals surface area contributed by atoms with E-state index in [1.54, 1.807) is 17.2 Å². The Morgan fingerprint density at radius 2 is 2.15 bits per heavy atom. The third-order valence-corrected chi connectivity index (χ3v) is 4.58. The second-order valence-corrected chi connectivity index (χ2v) is 8.00. The number of hydrogen-bond acceptors (Lipinski definition) is 5. The summed E-state index contributed by atoms with van der Waals surface area (Å²) in [4.78, 5) is 17.8. The van der Waals surface area contributed by atoms with Crippen molar-refractivity contribution < 1.29 is 14.6 Å². The zero-order valence-corrected chi connectivity index (χ0v) is 15.9. The summed E-state index contributed by atoms with van der Waals surface area (Å²) < 4.78 is 5.41. The fourth-order valence-corrected chi connectivity index (χ4v) is 3.20. The van der Waals surface area contributed by atoms with Gasteiger partial charge in [0.2, 0.25) is 0 Å². The highest BCUT2D eigenvalue weighted by molar-refractivity contribution is 5.68. The summed E-state index contributed by atoms with van der Waals surface area (Å²) in [5.74, 6) is 0.427. The average Bonchev–Trinajstić information content (AvgIpc) is 2.59. The number of aryl methyl sites for hydroxylation is 1. The quantitative estimate of drug-likeness (QED) is 0.872.